The van der Waals surface area contributed by atoms with Crippen LogP contribution >= 0.6 is 22.7 Å². The number of anilines is 1. The summed E-state index contributed by atoms with van der Waals surface area (Å²) in [7, 11) is 1.61. The first-order valence-electron chi connectivity index (χ1n) is 8.47. The summed E-state index contributed by atoms with van der Waals surface area (Å²) in [6.45, 7) is 0. The van der Waals surface area contributed by atoms with Gasteiger partial charge in [0.2, 0.25) is 17.6 Å². The van der Waals surface area contributed by atoms with Crippen molar-refractivity contribution in [1.29, 1.82) is 0 Å². The Hall–Kier alpha value is -3.04. The molecule has 3 heterocycles. The largest absolute Gasteiger partial charge is 0.497 e. The topological polar surface area (TPSA) is 90.1 Å². The first-order chi connectivity index (χ1) is 13.7. The summed E-state index contributed by atoms with van der Waals surface area (Å²) in [5.41, 5.74) is 1.69. The van der Waals surface area contributed by atoms with Gasteiger partial charge in [-0.25, -0.2) is 4.98 Å². The van der Waals surface area contributed by atoms with E-state index in [-0.39, 0.29) is 12.3 Å². The minimum atomic E-state index is -0.142. The number of nitrogens with one attached hydrogen (secondary N) is 1. The molecule has 0 saturated carbocycles. The molecule has 0 aliphatic rings. The van der Waals surface area contributed by atoms with Crippen molar-refractivity contribution in [3.05, 3.63) is 53.0 Å². The molecule has 1 amide bonds. The summed E-state index contributed by atoms with van der Waals surface area (Å²) in [5, 5.41) is 11.3. The number of carbonyl (C=O) groups excluding carboxylic acids is 1. The van der Waals surface area contributed by atoms with E-state index < -0.39 is 0 Å². The second-order valence-corrected chi connectivity index (χ2v) is 7.61. The number of amides is 1. The highest BCUT2D eigenvalue weighted by Crippen LogP contribution is 2.28. The summed E-state index contributed by atoms with van der Waals surface area (Å²) >= 11 is 3.02. The van der Waals surface area contributed by atoms with Gasteiger partial charge in [-0.15, -0.1) is 22.7 Å². The maximum absolute atomic E-state index is 12.2. The fourth-order valence-corrected chi connectivity index (χ4v) is 3.97. The molecular formula is C19H16N4O3S2. The van der Waals surface area contributed by atoms with Crippen LogP contribution in [0, 0.1) is 0 Å². The maximum Gasteiger partial charge on any atom is 0.227 e. The highest BCUT2D eigenvalue weighted by atomic mass is 32.1. The zero-order valence-corrected chi connectivity index (χ0v) is 16.5. The van der Waals surface area contributed by atoms with Gasteiger partial charge in [0.05, 0.1) is 17.7 Å². The molecule has 9 heteroatoms. The number of thiophene rings is 1. The number of aryl methyl sites for hydroxylation is 1. The van der Waals surface area contributed by atoms with Crippen molar-refractivity contribution in [3.8, 4) is 27.7 Å². The SMILES string of the molecule is COc1ccc(-c2noc(CCC(=O)Nc3nc(-c4cccs4)cs3)n2)cc1. The molecule has 0 unspecified atom stereocenters. The van der Waals surface area contributed by atoms with Crippen molar-refractivity contribution in [2.24, 2.45) is 0 Å². The fourth-order valence-electron chi connectivity index (χ4n) is 2.48. The number of thiazole rings is 1. The van der Waals surface area contributed by atoms with Crippen molar-refractivity contribution in [3.63, 3.8) is 0 Å². The summed E-state index contributed by atoms with van der Waals surface area (Å²) in [6.07, 6.45) is 0.594. The molecule has 0 aliphatic carbocycles. The summed E-state index contributed by atoms with van der Waals surface area (Å²) in [4.78, 5) is 22.0. The predicted octanol–water partition coefficient (Wildman–Crippen LogP) is 4.50. The van der Waals surface area contributed by atoms with Gasteiger partial charge in [0, 0.05) is 23.8 Å². The molecule has 0 saturated heterocycles. The van der Waals surface area contributed by atoms with Gasteiger partial charge in [-0.2, -0.15) is 4.98 Å². The summed E-state index contributed by atoms with van der Waals surface area (Å²) in [6, 6.07) is 11.3. The third-order valence-corrected chi connectivity index (χ3v) is 5.56. The molecular weight excluding hydrogens is 396 g/mol. The summed E-state index contributed by atoms with van der Waals surface area (Å²) in [5.74, 6) is 1.52. The Morgan fingerprint density at radius 3 is 2.79 bits per heavy atom. The molecule has 0 radical (unpaired) electrons. The average molecular weight is 412 g/mol. The zero-order chi connectivity index (χ0) is 19.3. The van der Waals surface area contributed by atoms with E-state index in [1.54, 1.807) is 18.4 Å². The van der Waals surface area contributed by atoms with Crippen LogP contribution in [0.1, 0.15) is 12.3 Å². The Kier molecular flexibility index (Phi) is 5.45. The summed E-state index contributed by atoms with van der Waals surface area (Å²) < 4.78 is 10.4. The molecule has 0 aliphatic heterocycles. The molecule has 0 atom stereocenters. The zero-order valence-electron chi connectivity index (χ0n) is 14.9. The molecule has 3 aromatic heterocycles. The molecule has 1 N–H and O–H groups in total. The van der Waals surface area contributed by atoms with Crippen molar-refractivity contribution in [2.45, 2.75) is 12.8 Å². The number of ether oxygens (including phenoxy) is 1. The number of methoxy groups -OCH3 is 1. The van der Waals surface area contributed by atoms with E-state index in [4.69, 9.17) is 9.26 Å². The predicted molar refractivity (Wildman–Crippen MR) is 109 cm³/mol. The second kappa shape index (κ2) is 8.32. The third-order valence-electron chi connectivity index (χ3n) is 3.91. The van der Waals surface area contributed by atoms with E-state index in [2.05, 4.69) is 20.4 Å². The molecule has 4 rings (SSSR count). The van der Waals surface area contributed by atoms with Crippen LogP contribution in [0.15, 0.2) is 51.7 Å². The molecule has 4 aromatic rings. The second-order valence-electron chi connectivity index (χ2n) is 5.80. The highest BCUT2D eigenvalue weighted by molar-refractivity contribution is 7.16. The Morgan fingerprint density at radius 2 is 2.04 bits per heavy atom. The molecule has 0 fully saturated rings. The van der Waals surface area contributed by atoms with Gasteiger partial charge in [0.1, 0.15) is 5.75 Å². The minimum absolute atomic E-state index is 0.142. The number of carbonyl (C=O) groups is 1. The number of hydrogen-bond donors (Lipinski definition) is 1. The van der Waals surface area contributed by atoms with Crippen LogP contribution < -0.4 is 10.1 Å². The normalized spacial score (nSPS) is 10.8. The fraction of sp³-hybridized carbons (Fsp3) is 0.158. The van der Waals surface area contributed by atoms with Crippen LogP contribution in [0.25, 0.3) is 22.0 Å². The van der Waals surface area contributed by atoms with Gasteiger partial charge >= 0.3 is 0 Å². The number of nitrogens with zero attached hydrogens (tertiary/aromatic N) is 3. The lowest BCUT2D eigenvalue weighted by Gasteiger charge is -1.99. The Balaban J connectivity index is 1.32. The number of benzene rings is 1. The van der Waals surface area contributed by atoms with Crippen LogP contribution in [0.5, 0.6) is 5.75 Å². The maximum atomic E-state index is 12.2. The number of hydrogen-bond acceptors (Lipinski definition) is 8. The number of rotatable bonds is 7. The van der Waals surface area contributed by atoms with E-state index in [1.807, 2.05) is 47.2 Å². The van der Waals surface area contributed by atoms with E-state index in [0.29, 0.717) is 23.3 Å². The van der Waals surface area contributed by atoms with Crippen LogP contribution in [0.3, 0.4) is 0 Å². The van der Waals surface area contributed by atoms with Gasteiger partial charge < -0.3 is 14.6 Å². The Labute approximate surface area is 169 Å². The van der Waals surface area contributed by atoms with Crippen molar-refractivity contribution >= 4 is 33.7 Å². The number of aromatic nitrogens is 3. The molecule has 28 heavy (non-hydrogen) atoms. The van der Waals surface area contributed by atoms with E-state index in [0.717, 1.165) is 21.9 Å². The first-order valence-corrected chi connectivity index (χ1v) is 10.2. The van der Waals surface area contributed by atoms with E-state index >= 15 is 0 Å². The Bertz CT molecular complexity index is 1060. The monoisotopic (exact) mass is 412 g/mol. The van der Waals surface area contributed by atoms with Gasteiger partial charge in [-0.3, -0.25) is 4.79 Å². The lowest BCUT2D eigenvalue weighted by atomic mass is 10.2. The van der Waals surface area contributed by atoms with Crippen molar-refractivity contribution in [1.82, 2.24) is 15.1 Å². The Morgan fingerprint density at radius 1 is 1.18 bits per heavy atom. The molecule has 0 bridgehead atoms. The quantitative estimate of drug-likeness (QED) is 0.481. The standard InChI is InChI=1S/C19H16N4O3S2/c1-25-13-6-4-12(5-7-13)18-22-17(26-23-18)9-8-16(24)21-19-20-14(11-28-19)15-3-2-10-27-15/h2-7,10-11H,8-9H2,1H3,(H,20,21,24). The van der Waals surface area contributed by atoms with Crippen molar-refractivity contribution in [2.75, 3.05) is 12.4 Å². The lowest BCUT2D eigenvalue weighted by Crippen LogP contribution is -2.12. The van der Waals surface area contributed by atoms with E-state index in [1.165, 1.54) is 11.3 Å². The average Bonchev–Trinajstić information content (AvgIpc) is 3.47. The van der Waals surface area contributed by atoms with Gasteiger partial charge in [0.25, 0.3) is 0 Å². The molecule has 7 nitrogen and oxygen atoms in total. The van der Waals surface area contributed by atoms with Crippen LogP contribution in [-0.2, 0) is 11.2 Å². The van der Waals surface area contributed by atoms with Crippen molar-refractivity contribution < 1.29 is 14.1 Å². The highest BCUT2D eigenvalue weighted by Gasteiger charge is 2.13. The first kappa shape index (κ1) is 18.3. The van der Waals surface area contributed by atoms with Crippen LogP contribution in [0.4, 0.5) is 5.13 Å². The van der Waals surface area contributed by atoms with Crippen LogP contribution in [0.2, 0.25) is 0 Å². The molecule has 0 spiro atoms. The van der Waals surface area contributed by atoms with Gasteiger partial charge in [0.15, 0.2) is 5.13 Å². The third kappa shape index (κ3) is 4.26. The lowest BCUT2D eigenvalue weighted by molar-refractivity contribution is -0.116. The van der Waals surface area contributed by atoms with Gasteiger partial charge in [-0.05, 0) is 35.7 Å². The smallest absolute Gasteiger partial charge is 0.227 e. The molecule has 142 valence electrons. The van der Waals surface area contributed by atoms with Crippen LogP contribution in [-0.4, -0.2) is 28.1 Å². The minimum Gasteiger partial charge on any atom is -0.497 e. The van der Waals surface area contributed by atoms with E-state index in [9.17, 15) is 4.79 Å². The van der Waals surface area contributed by atoms with Gasteiger partial charge in [-0.1, -0.05) is 11.2 Å². The molecule has 1 aromatic carbocycles.